The maximum absolute atomic E-state index is 12.4. The molecule has 1 aliphatic heterocycles. The first-order valence-electron chi connectivity index (χ1n) is 8.68. The van der Waals surface area contributed by atoms with Gasteiger partial charge in [0.15, 0.2) is 0 Å². The van der Waals surface area contributed by atoms with Crippen LogP contribution in [-0.4, -0.2) is 36.3 Å². The van der Waals surface area contributed by atoms with Crippen LogP contribution in [-0.2, 0) is 9.59 Å². The molecular weight excluding hydrogens is 380 g/mol. The highest BCUT2D eigenvalue weighted by Gasteiger charge is 2.36. The molecule has 2 N–H and O–H groups in total. The van der Waals surface area contributed by atoms with Gasteiger partial charge < -0.3 is 9.64 Å². The molecule has 150 valence electrons. The van der Waals surface area contributed by atoms with Gasteiger partial charge in [0, 0.05) is 24.6 Å². The van der Waals surface area contributed by atoms with Gasteiger partial charge in [0.2, 0.25) is 11.8 Å². The average molecular weight is 398 g/mol. The van der Waals surface area contributed by atoms with Crippen LogP contribution >= 0.6 is 0 Å². The molecule has 1 atom stereocenters. The van der Waals surface area contributed by atoms with Crippen LogP contribution in [0.1, 0.15) is 16.8 Å². The Balaban J connectivity index is 1.66. The number of nitro groups is 1. The molecule has 0 spiro atoms. The van der Waals surface area contributed by atoms with E-state index in [0.29, 0.717) is 11.3 Å². The summed E-state index contributed by atoms with van der Waals surface area (Å²) in [5, 5.41) is 10.9. The number of nitro benzene ring substituents is 1. The van der Waals surface area contributed by atoms with E-state index in [0.717, 1.165) is 0 Å². The molecule has 0 unspecified atom stereocenters. The second kappa shape index (κ2) is 8.38. The highest BCUT2D eigenvalue weighted by atomic mass is 16.6. The van der Waals surface area contributed by atoms with Crippen molar-refractivity contribution >= 4 is 29.1 Å². The molecule has 0 aromatic heterocycles. The van der Waals surface area contributed by atoms with Gasteiger partial charge in [-0.3, -0.25) is 35.3 Å². The van der Waals surface area contributed by atoms with E-state index in [1.165, 1.54) is 30.2 Å². The van der Waals surface area contributed by atoms with Crippen LogP contribution in [0.25, 0.3) is 0 Å². The van der Waals surface area contributed by atoms with Crippen molar-refractivity contribution in [2.75, 3.05) is 18.6 Å². The van der Waals surface area contributed by atoms with Crippen LogP contribution in [0, 0.1) is 16.0 Å². The minimum Gasteiger partial charge on any atom is -0.494 e. The van der Waals surface area contributed by atoms with Crippen molar-refractivity contribution < 1.29 is 24.0 Å². The topological polar surface area (TPSA) is 131 Å². The molecule has 2 aromatic rings. The summed E-state index contributed by atoms with van der Waals surface area (Å²) in [5.41, 5.74) is 5.20. The van der Waals surface area contributed by atoms with Crippen molar-refractivity contribution in [3.05, 3.63) is 64.2 Å². The third-order valence-corrected chi connectivity index (χ3v) is 4.50. The molecule has 10 nitrogen and oxygen atoms in total. The summed E-state index contributed by atoms with van der Waals surface area (Å²) in [6, 6.07) is 12.2. The summed E-state index contributed by atoms with van der Waals surface area (Å²) in [6.07, 6.45) is -0.0623. The van der Waals surface area contributed by atoms with Crippen molar-refractivity contribution in [1.29, 1.82) is 0 Å². The molecule has 0 bridgehead atoms. The predicted octanol–water partition coefficient (Wildman–Crippen LogP) is 1.42. The van der Waals surface area contributed by atoms with Gasteiger partial charge in [0.25, 0.3) is 11.6 Å². The third-order valence-electron chi connectivity index (χ3n) is 4.50. The zero-order valence-electron chi connectivity index (χ0n) is 15.5. The van der Waals surface area contributed by atoms with Crippen LogP contribution in [0.5, 0.6) is 5.75 Å². The first kappa shape index (κ1) is 19.8. The monoisotopic (exact) mass is 398 g/mol. The van der Waals surface area contributed by atoms with Crippen LogP contribution in [0.3, 0.4) is 0 Å². The lowest BCUT2D eigenvalue weighted by Crippen LogP contribution is -2.45. The lowest BCUT2D eigenvalue weighted by Gasteiger charge is -2.19. The molecule has 1 saturated heterocycles. The predicted molar refractivity (Wildman–Crippen MR) is 102 cm³/mol. The number of nitrogens with one attached hydrogen (secondary N) is 2. The van der Waals surface area contributed by atoms with E-state index < -0.39 is 22.7 Å². The average Bonchev–Trinajstić information content (AvgIpc) is 3.13. The maximum Gasteiger partial charge on any atom is 0.273 e. The summed E-state index contributed by atoms with van der Waals surface area (Å²) < 4.78 is 5.16. The molecule has 3 rings (SSSR count). The van der Waals surface area contributed by atoms with Crippen LogP contribution in [0.4, 0.5) is 11.4 Å². The fourth-order valence-corrected chi connectivity index (χ4v) is 3.00. The van der Waals surface area contributed by atoms with Gasteiger partial charge in [-0.15, -0.1) is 0 Å². The van der Waals surface area contributed by atoms with E-state index in [-0.39, 0.29) is 30.3 Å². The molecule has 0 radical (unpaired) electrons. The standard InChI is InChI=1S/C19H18N4O6/c1-29-16-10-14(23(27)28)7-8-15(16)22-11-13(9-17(22)24)19(26)21-20-18(25)12-5-3-2-4-6-12/h2-8,10,13H,9,11H2,1H3,(H,20,25)(H,21,26)/t13-/m0/s1. The second-order valence-electron chi connectivity index (χ2n) is 6.33. The van der Waals surface area contributed by atoms with Gasteiger partial charge in [-0.2, -0.15) is 0 Å². The number of hydrazine groups is 1. The van der Waals surface area contributed by atoms with E-state index in [4.69, 9.17) is 4.74 Å². The number of anilines is 1. The van der Waals surface area contributed by atoms with Gasteiger partial charge in [-0.25, -0.2) is 0 Å². The van der Waals surface area contributed by atoms with E-state index in [2.05, 4.69) is 10.9 Å². The van der Waals surface area contributed by atoms with Gasteiger partial charge in [0.05, 0.1) is 29.7 Å². The Morgan fingerprint density at radius 2 is 1.90 bits per heavy atom. The Morgan fingerprint density at radius 3 is 2.55 bits per heavy atom. The molecule has 0 aliphatic carbocycles. The SMILES string of the molecule is COc1cc([N+](=O)[O-])ccc1N1C[C@@H](C(=O)NNC(=O)c2ccccc2)CC1=O. The minimum absolute atomic E-state index is 0.0556. The Hall–Kier alpha value is -3.95. The third kappa shape index (κ3) is 4.32. The fourth-order valence-electron chi connectivity index (χ4n) is 3.00. The van der Waals surface area contributed by atoms with Crippen molar-refractivity contribution in [2.45, 2.75) is 6.42 Å². The van der Waals surface area contributed by atoms with Gasteiger partial charge in [-0.1, -0.05) is 18.2 Å². The molecule has 10 heteroatoms. The number of carbonyl (C=O) groups excluding carboxylic acids is 3. The van der Waals surface area contributed by atoms with Gasteiger partial charge in [-0.05, 0) is 18.2 Å². The van der Waals surface area contributed by atoms with E-state index >= 15 is 0 Å². The number of hydrogen-bond donors (Lipinski definition) is 2. The zero-order valence-corrected chi connectivity index (χ0v) is 15.5. The maximum atomic E-state index is 12.4. The lowest BCUT2D eigenvalue weighted by molar-refractivity contribution is -0.384. The number of non-ortho nitro benzene ring substituents is 1. The van der Waals surface area contributed by atoms with E-state index in [1.807, 2.05) is 0 Å². The highest BCUT2D eigenvalue weighted by Crippen LogP contribution is 2.35. The van der Waals surface area contributed by atoms with Crippen LogP contribution in [0.15, 0.2) is 48.5 Å². The number of benzene rings is 2. The summed E-state index contributed by atoms with van der Waals surface area (Å²) in [4.78, 5) is 48.5. The number of methoxy groups -OCH3 is 1. The molecule has 1 heterocycles. The van der Waals surface area contributed by atoms with Crippen molar-refractivity contribution in [1.82, 2.24) is 10.9 Å². The van der Waals surface area contributed by atoms with E-state index in [9.17, 15) is 24.5 Å². The Labute approximate surface area is 165 Å². The van der Waals surface area contributed by atoms with Crippen molar-refractivity contribution in [3.63, 3.8) is 0 Å². The zero-order chi connectivity index (χ0) is 21.0. The first-order valence-corrected chi connectivity index (χ1v) is 8.68. The molecular formula is C19H18N4O6. The molecule has 3 amide bonds. The Bertz CT molecular complexity index is 962. The Kier molecular flexibility index (Phi) is 5.72. The number of amides is 3. The Morgan fingerprint density at radius 1 is 1.17 bits per heavy atom. The van der Waals surface area contributed by atoms with E-state index in [1.54, 1.807) is 30.3 Å². The molecule has 1 aliphatic rings. The van der Waals surface area contributed by atoms with Crippen LogP contribution < -0.4 is 20.5 Å². The summed E-state index contributed by atoms with van der Waals surface area (Å²) in [5.74, 6) is -1.85. The summed E-state index contributed by atoms with van der Waals surface area (Å²) >= 11 is 0. The summed E-state index contributed by atoms with van der Waals surface area (Å²) in [6.45, 7) is 0.0556. The van der Waals surface area contributed by atoms with Gasteiger partial charge >= 0.3 is 0 Å². The normalized spacial score (nSPS) is 15.7. The smallest absolute Gasteiger partial charge is 0.273 e. The van der Waals surface area contributed by atoms with Crippen molar-refractivity contribution in [2.24, 2.45) is 5.92 Å². The van der Waals surface area contributed by atoms with Gasteiger partial charge in [0.1, 0.15) is 5.75 Å². The number of ether oxygens (including phenoxy) is 1. The number of nitrogens with zero attached hydrogens (tertiary/aromatic N) is 2. The number of rotatable bonds is 5. The number of hydrogen-bond acceptors (Lipinski definition) is 6. The van der Waals surface area contributed by atoms with Crippen molar-refractivity contribution in [3.8, 4) is 5.75 Å². The quantitative estimate of drug-likeness (QED) is 0.578. The largest absolute Gasteiger partial charge is 0.494 e. The molecule has 0 saturated carbocycles. The minimum atomic E-state index is -0.696. The molecule has 2 aromatic carbocycles. The highest BCUT2D eigenvalue weighted by molar-refractivity contribution is 6.02. The van der Waals surface area contributed by atoms with Crippen LogP contribution in [0.2, 0.25) is 0 Å². The second-order valence-corrected chi connectivity index (χ2v) is 6.33. The summed E-state index contributed by atoms with van der Waals surface area (Å²) in [7, 11) is 1.34. The molecule has 29 heavy (non-hydrogen) atoms. The number of carbonyl (C=O) groups is 3. The first-order chi connectivity index (χ1) is 13.9. The molecule has 1 fully saturated rings. The fraction of sp³-hybridized carbons (Fsp3) is 0.211. The lowest BCUT2D eigenvalue weighted by atomic mass is 10.1.